The molecule has 1 heterocycles. The Balaban J connectivity index is 1.88. The van der Waals surface area contributed by atoms with Gasteiger partial charge in [0.25, 0.3) is 0 Å². The number of carbonyl (C=O) groups excluding carboxylic acids is 1. The van der Waals surface area contributed by atoms with Crippen molar-refractivity contribution in [1.29, 1.82) is 0 Å². The molecule has 1 aliphatic carbocycles. The molecule has 0 saturated carbocycles. The van der Waals surface area contributed by atoms with Gasteiger partial charge in [-0.2, -0.15) is 0 Å². The lowest BCUT2D eigenvalue weighted by Crippen LogP contribution is -2.33. The fourth-order valence-corrected chi connectivity index (χ4v) is 5.20. The van der Waals surface area contributed by atoms with Gasteiger partial charge >= 0.3 is 0 Å². The van der Waals surface area contributed by atoms with Gasteiger partial charge < -0.3 is 9.72 Å². The minimum absolute atomic E-state index is 0.0536. The van der Waals surface area contributed by atoms with Crippen LogP contribution in [-0.4, -0.2) is 29.4 Å². The van der Waals surface area contributed by atoms with Crippen molar-refractivity contribution in [1.82, 2.24) is 9.97 Å². The summed E-state index contributed by atoms with van der Waals surface area (Å²) in [6, 6.07) is 13.2. The van der Waals surface area contributed by atoms with Crippen LogP contribution in [0.1, 0.15) is 66.5 Å². The third-order valence-electron chi connectivity index (χ3n) is 6.17. The fraction of sp³-hybridized carbons (Fsp3) is 0.360. The van der Waals surface area contributed by atoms with Gasteiger partial charge in [0.05, 0.1) is 11.0 Å². The van der Waals surface area contributed by atoms with Gasteiger partial charge in [0, 0.05) is 35.5 Å². The third-order valence-corrected chi connectivity index (χ3v) is 8.30. The van der Waals surface area contributed by atoms with Crippen LogP contribution in [0.5, 0.6) is 5.75 Å². The molecular weight excluding hydrogens is 424 g/mol. The number of hydrogen-bond acceptors (Lipinski definition) is 5. The Morgan fingerprint density at radius 2 is 1.88 bits per heavy atom. The molecule has 1 atom stereocenters. The van der Waals surface area contributed by atoms with Crippen LogP contribution < -0.4 is 4.74 Å². The lowest BCUT2D eigenvalue weighted by molar-refractivity contribution is 0.0971. The quantitative estimate of drug-likeness (QED) is 0.566. The number of ketones is 1. The molecule has 2 aromatic carbocycles. The number of hydrogen-bond donors (Lipinski definition) is 1. The summed E-state index contributed by atoms with van der Waals surface area (Å²) in [6.45, 7) is 5.26. The molecule has 32 heavy (non-hydrogen) atoms. The average molecular weight is 453 g/mol. The summed E-state index contributed by atoms with van der Waals surface area (Å²) in [5.41, 5.74) is 1.88. The molecular formula is C25H28N2O4S. The summed E-state index contributed by atoms with van der Waals surface area (Å²) in [4.78, 5) is 20.1. The van der Waals surface area contributed by atoms with Gasteiger partial charge in [0.1, 0.15) is 5.75 Å². The number of fused-ring (bicyclic) bond motifs is 1. The van der Waals surface area contributed by atoms with E-state index in [9.17, 15) is 13.2 Å². The van der Waals surface area contributed by atoms with Crippen LogP contribution in [0.15, 0.2) is 54.9 Å². The van der Waals surface area contributed by atoms with Crippen LogP contribution in [0.3, 0.4) is 0 Å². The zero-order valence-electron chi connectivity index (χ0n) is 18.6. The topological polar surface area (TPSA) is 89.1 Å². The maximum atomic E-state index is 12.9. The van der Waals surface area contributed by atoms with Crippen LogP contribution in [0.4, 0.5) is 0 Å². The zero-order chi connectivity index (χ0) is 22.9. The first-order valence-electron chi connectivity index (χ1n) is 10.9. The number of carbonyl (C=O) groups is 1. The maximum Gasteiger partial charge on any atom is 0.188 e. The van der Waals surface area contributed by atoms with E-state index >= 15 is 0 Å². The third kappa shape index (κ3) is 4.09. The molecule has 0 spiro atoms. The number of aromatic amines is 1. The minimum Gasteiger partial charge on any atom is -0.475 e. The Morgan fingerprint density at radius 1 is 1.12 bits per heavy atom. The molecule has 0 saturated heterocycles. The molecule has 3 aromatic rings. The second-order valence-corrected chi connectivity index (χ2v) is 11.2. The van der Waals surface area contributed by atoms with E-state index in [1.54, 1.807) is 38.4 Å². The first-order valence-corrected chi connectivity index (χ1v) is 12.6. The highest BCUT2D eigenvalue weighted by Crippen LogP contribution is 2.39. The highest BCUT2D eigenvalue weighted by molar-refractivity contribution is 7.91. The average Bonchev–Trinajstić information content (AvgIpc) is 3.32. The van der Waals surface area contributed by atoms with E-state index in [1.807, 2.05) is 37.3 Å². The maximum absolute atomic E-state index is 12.9. The Hall–Kier alpha value is -2.93. The van der Waals surface area contributed by atoms with Crippen molar-refractivity contribution in [2.45, 2.75) is 56.6 Å². The number of benzene rings is 2. The molecule has 4 rings (SSSR count). The number of aromatic nitrogens is 2. The van der Waals surface area contributed by atoms with Gasteiger partial charge in [0.15, 0.2) is 27.0 Å². The number of sulfone groups is 1. The number of H-pyrrole nitrogens is 1. The van der Waals surface area contributed by atoms with Crippen molar-refractivity contribution < 1.29 is 17.9 Å². The number of nitrogens with one attached hydrogen (secondary N) is 1. The summed E-state index contributed by atoms with van der Waals surface area (Å²) < 4.78 is 32.5. The summed E-state index contributed by atoms with van der Waals surface area (Å²) in [6.07, 6.45) is 5.24. The van der Waals surface area contributed by atoms with E-state index < -0.39 is 20.7 Å². The molecule has 168 valence electrons. The molecule has 6 nitrogen and oxygen atoms in total. The number of ether oxygens (including phenoxy) is 1. The standard InChI is InChI=1S/C25H28N2O4S/c1-17(2)32(29,30)16-21-19-10-7-11-22(28)20(19)12-13-23(21)31-25(3,24-26-14-15-27-24)18-8-5-4-6-9-18/h4-6,8-9,12-15,17H,7,10-11,16H2,1-3H3,(H,26,27)/t25-/m0/s1. The van der Waals surface area contributed by atoms with Gasteiger partial charge in [-0.3, -0.25) is 4.79 Å². The highest BCUT2D eigenvalue weighted by atomic mass is 32.2. The SMILES string of the molecule is CC(C)S(=O)(=O)Cc1c(O[C@@](C)(c2ccccc2)c2ncc[nH]2)ccc2c1CCCC2=O. The first kappa shape index (κ1) is 22.3. The Labute approximate surface area is 189 Å². The van der Waals surface area contributed by atoms with Gasteiger partial charge in [-0.25, -0.2) is 13.4 Å². The van der Waals surface area contributed by atoms with E-state index in [4.69, 9.17) is 4.74 Å². The smallest absolute Gasteiger partial charge is 0.188 e. The monoisotopic (exact) mass is 452 g/mol. The molecule has 0 radical (unpaired) electrons. The molecule has 1 N–H and O–H groups in total. The van der Waals surface area contributed by atoms with E-state index in [-0.39, 0.29) is 11.5 Å². The fourth-order valence-electron chi connectivity index (χ4n) is 4.15. The predicted octanol–water partition coefficient (Wildman–Crippen LogP) is 4.59. The molecule has 0 fully saturated rings. The minimum atomic E-state index is -3.41. The first-order chi connectivity index (χ1) is 15.2. The van der Waals surface area contributed by atoms with Crippen LogP contribution in [0, 0.1) is 0 Å². The van der Waals surface area contributed by atoms with Crippen LogP contribution in [0.2, 0.25) is 0 Å². The number of nitrogens with zero attached hydrogens (tertiary/aromatic N) is 1. The molecule has 1 aliphatic rings. The molecule has 0 bridgehead atoms. The molecule has 7 heteroatoms. The van der Waals surface area contributed by atoms with Crippen LogP contribution in [0.25, 0.3) is 0 Å². The van der Waals surface area contributed by atoms with Crippen LogP contribution >= 0.6 is 0 Å². The summed E-state index contributed by atoms with van der Waals surface area (Å²) in [7, 11) is -3.41. The molecule has 1 aromatic heterocycles. The van der Waals surface area contributed by atoms with Gasteiger partial charge in [-0.15, -0.1) is 0 Å². The van der Waals surface area contributed by atoms with Gasteiger partial charge in [-0.05, 0) is 51.3 Å². The van der Waals surface area contributed by atoms with Crippen molar-refractivity contribution in [3.63, 3.8) is 0 Å². The largest absolute Gasteiger partial charge is 0.475 e. The van der Waals surface area contributed by atoms with E-state index in [1.165, 1.54) is 0 Å². The van der Waals surface area contributed by atoms with E-state index in [0.29, 0.717) is 42.0 Å². The summed E-state index contributed by atoms with van der Waals surface area (Å²) in [5, 5.41) is -0.531. The summed E-state index contributed by atoms with van der Waals surface area (Å²) >= 11 is 0. The summed E-state index contributed by atoms with van der Waals surface area (Å²) in [5.74, 6) is 0.956. The second-order valence-electron chi connectivity index (χ2n) is 8.64. The number of Topliss-reactive ketones (excluding diaryl/α,β-unsaturated/α-hetero) is 1. The highest BCUT2D eigenvalue weighted by Gasteiger charge is 2.36. The molecule has 0 unspecified atom stereocenters. The van der Waals surface area contributed by atoms with E-state index in [2.05, 4.69) is 9.97 Å². The van der Waals surface area contributed by atoms with Crippen LogP contribution in [-0.2, 0) is 27.6 Å². The second kappa shape index (κ2) is 8.54. The molecule has 0 aliphatic heterocycles. The normalized spacial score (nSPS) is 15.9. The van der Waals surface area contributed by atoms with Gasteiger partial charge in [-0.1, -0.05) is 30.3 Å². The predicted molar refractivity (Wildman–Crippen MR) is 124 cm³/mol. The Bertz CT molecular complexity index is 1220. The van der Waals surface area contributed by atoms with E-state index in [0.717, 1.165) is 11.1 Å². The van der Waals surface area contributed by atoms with Crippen molar-refractivity contribution in [3.8, 4) is 5.75 Å². The number of rotatable bonds is 7. The Morgan fingerprint density at radius 3 is 2.53 bits per heavy atom. The zero-order valence-corrected chi connectivity index (χ0v) is 19.4. The van der Waals surface area contributed by atoms with Crippen molar-refractivity contribution in [3.05, 3.63) is 82.9 Å². The van der Waals surface area contributed by atoms with Crippen molar-refractivity contribution in [2.75, 3.05) is 0 Å². The molecule has 0 amide bonds. The van der Waals surface area contributed by atoms with Crippen molar-refractivity contribution in [2.24, 2.45) is 0 Å². The Kier molecular flexibility index (Phi) is 5.95. The lowest BCUT2D eigenvalue weighted by atomic mass is 9.87. The lowest BCUT2D eigenvalue weighted by Gasteiger charge is -2.32. The number of imidazole rings is 1. The van der Waals surface area contributed by atoms with Gasteiger partial charge in [0.2, 0.25) is 0 Å². The van der Waals surface area contributed by atoms with Crippen molar-refractivity contribution >= 4 is 15.6 Å².